The SMILES string of the molecule is O=S1(=O)CCCC[C@@H]2CN1[C@@H](CO)CN2. The van der Waals surface area contributed by atoms with Crippen molar-refractivity contribution < 1.29 is 13.5 Å². The van der Waals surface area contributed by atoms with Crippen LogP contribution in [0.25, 0.3) is 0 Å². The molecule has 6 heteroatoms. The van der Waals surface area contributed by atoms with E-state index in [0.717, 1.165) is 19.3 Å². The largest absolute Gasteiger partial charge is 0.395 e. The van der Waals surface area contributed by atoms with Crippen LogP contribution in [0.1, 0.15) is 19.3 Å². The third-order valence-corrected chi connectivity index (χ3v) is 5.19. The van der Waals surface area contributed by atoms with Crippen molar-refractivity contribution in [2.24, 2.45) is 0 Å². The van der Waals surface area contributed by atoms with E-state index in [2.05, 4.69) is 5.32 Å². The van der Waals surface area contributed by atoms with E-state index in [4.69, 9.17) is 5.11 Å². The number of nitrogens with one attached hydrogen (secondary N) is 1. The monoisotopic (exact) mass is 234 g/mol. The number of aliphatic hydroxyl groups excluding tert-OH is 1. The number of nitrogens with zero attached hydrogens (tertiary/aromatic N) is 1. The van der Waals surface area contributed by atoms with Crippen LogP contribution in [-0.2, 0) is 10.0 Å². The average Bonchev–Trinajstić information content (AvgIpc) is 2.23. The fourth-order valence-corrected chi connectivity index (χ4v) is 4.12. The molecule has 1 unspecified atom stereocenters. The van der Waals surface area contributed by atoms with Gasteiger partial charge in [0.2, 0.25) is 10.0 Å². The third-order valence-electron chi connectivity index (χ3n) is 3.22. The zero-order valence-electron chi connectivity index (χ0n) is 8.72. The van der Waals surface area contributed by atoms with E-state index in [1.165, 1.54) is 4.31 Å². The minimum atomic E-state index is -3.14. The number of piperazine rings is 1. The van der Waals surface area contributed by atoms with Gasteiger partial charge < -0.3 is 10.4 Å². The van der Waals surface area contributed by atoms with E-state index in [1.54, 1.807) is 0 Å². The van der Waals surface area contributed by atoms with Gasteiger partial charge in [0, 0.05) is 19.1 Å². The van der Waals surface area contributed by atoms with Gasteiger partial charge in [-0.15, -0.1) is 0 Å². The van der Waals surface area contributed by atoms with Gasteiger partial charge in [0.05, 0.1) is 18.4 Å². The highest BCUT2D eigenvalue weighted by atomic mass is 32.2. The Morgan fingerprint density at radius 3 is 2.93 bits per heavy atom. The molecule has 0 aromatic carbocycles. The van der Waals surface area contributed by atoms with E-state index in [-0.39, 0.29) is 24.4 Å². The molecular weight excluding hydrogens is 216 g/mol. The van der Waals surface area contributed by atoms with Gasteiger partial charge in [-0.2, -0.15) is 4.31 Å². The Labute approximate surface area is 90.5 Å². The minimum absolute atomic E-state index is 0.0983. The van der Waals surface area contributed by atoms with Crippen molar-refractivity contribution in [1.82, 2.24) is 9.62 Å². The smallest absolute Gasteiger partial charge is 0.214 e. The van der Waals surface area contributed by atoms with Crippen molar-refractivity contribution in [3.63, 3.8) is 0 Å². The maximum Gasteiger partial charge on any atom is 0.214 e. The lowest BCUT2D eigenvalue weighted by Crippen LogP contribution is -2.60. The van der Waals surface area contributed by atoms with Gasteiger partial charge in [-0.3, -0.25) is 0 Å². The summed E-state index contributed by atoms with van der Waals surface area (Å²) in [5.74, 6) is 0.232. The highest BCUT2D eigenvalue weighted by Crippen LogP contribution is 2.20. The van der Waals surface area contributed by atoms with Crippen LogP contribution in [0.4, 0.5) is 0 Å². The molecule has 15 heavy (non-hydrogen) atoms. The van der Waals surface area contributed by atoms with Crippen LogP contribution in [-0.4, -0.2) is 55.4 Å². The Hall–Kier alpha value is -0.170. The number of sulfonamides is 1. The van der Waals surface area contributed by atoms with Gasteiger partial charge in [-0.25, -0.2) is 8.42 Å². The first-order valence-electron chi connectivity index (χ1n) is 5.47. The van der Waals surface area contributed by atoms with Gasteiger partial charge in [-0.1, -0.05) is 6.42 Å². The molecule has 0 aromatic rings. The second-order valence-electron chi connectivity index (χ2n) is 4.32. The first-order chi connectivity index (χ1) is 7.13. The number of hydrogen-bond donors (Lipinski definition) is 2. The first kappa shape index (κ1) is 11.3. The van der Waals surface area contributed by atoms with Gasteiger partial charge in [0.25, 0.3) is 0 Å². The summed E-state index contributed by atoms with van der Waals surface area (Å²) in [6.45, 7) is 0.993. The average molecular weight is 234 g/mol. The summed E-state index contributed by atoms with van der Waals surface area (Å²) in [7, 11) is -3.14. The summed E-state index contributed by atoms with van der Waals surface area (Å²) < 4.78 is 25.3. The first-order valence-corrected chi connectivity index (χ1v) is 7.08. The van der Waals surface area contributed by atoms with Crippen LogP contribution >= 0.6 is 0 Å². The lowest BCUT2D eigenvalue weighted by Gasteiger charge is -2.40. The normalized spacial score (nSPS) is 40.5. The van der Waals surface area contributed by atoms with Gasteiger partial charge in [-0.05, 0) is 12.8 Å². The summed E-state index contributed by atoms with van der Waals surface area (Å²) in [5, 5.41) is 12.4. The Balaban J connectivity index is 2.21. The Bertz CT molecular complexity index is 317. The van der Waals surface area contributed by atoms with E-state index in [9.17, 15) is 8.42 Å². The molecule has 2 bridgehead atoms. The highest BCUT2D eigenvalue weighted by Gasteiger charge is 2.36. The van der Waals surface area contributed by atoms with Crippen molar-refractivity contribution in [1.29, 1.82) is 0 Å². The molecular formula is C9H18N2O3S. The van der Waals surface area contributed by atoms with E-state index < -0.39 is 10.0 Å². The molecule has 5 nitrogen and oxygen atoms in total. The number of aliphatic hydroxyl groups is 1. The summed E-state index contributed by atoms with van der Waals surface area (Å²) in [6.07, 6.45) is 2.73. The van der Waals surface area contributed by atoms with E-state index in [0.29, 0.717) is 13.1 Å². The summed E-state index contributed by atoms with van der Waals surface area (Å²) in [4.78, 5) is 0. The second-order valence-corrected chi connectivity index (χ2v) is 6.36. The summed E-state index contributed by atoms with van der Waals surface area (Å²) in [6, 6.07) is -0.00720. The van der Waals surface area contributed by atoms with Crippen molar-refractivity contribution in [3.8, 4) is 0 Å². The summed E-state index contributed by atoms with van der Waals surface area (Å²) >= 11 is 0. The molecule has 88 valence electrons. The zero-order valence-corrected chi connectivity index (χ0v) is 9.54. The fourth-order valence-electron chi connectivity index (χ4n) is 2.32. The number of rotatable bonds is 1. The number of fused-ring (bicyclic) bond motifs is 2. The van der Waals surface area contributed by atoms with Crippen molar-refractivity contribution in [2.75, 3.05) is 25.4 Å². The van der Waals surface area contributed by atoms with Crippen LogP contribution in [0, 0.1) is 0 Å². The topological polar surface area (TPSA) is 69.6 Å². The molecule has 2 aliphatic rings. The van der Waals surface area contributed by atoms with Gasteiger partial charge in [0.1, 0.15) is 0 Å². The van der Waals surface area contributed by atoms with E-state index >= 15 is 0 Å². The maximum absolute atomic E-state index is 11.9. The molecule has 0 radical (unpaired) electrons. The molecule has 0 amide bonds. The molecule has 2 N–H and O–H groups in total. The molecule has 2 heterocycles. The molecule has 0 saturated carbocycles. The molecule has 0 aliphatic carbocycles. The highest BCUT2D eigenvalue weighted by molar-refractivity contribution is 7.89. The molecule has 3 atom stereocenters. The fraction of sp³-hybridized carbons (Fsp3) is 1.00. The van der Waals surface area contributed by atoms with Crippen LogP contribution in [0.5, 0.6) is 0 Å². The molecule has 0 spiro atoms. The van der Waals surface area contributed by atoms with Crippen LogP contribution in [0.3, 0.4) is 0 Å². The van der Waals surface area contributed by atoms with Crippen molar-refractivity contribution in [2.45, 2.75) is 31.3 Å². The van der Waals surface area contributed by atoms with Crippen LogP contribution in [0.2, 0.25) is 0 Å². The van der Waals surface area contributed by atoms with Crippen LogP contribution < -0.4 is 5.32 Å². The summed E-state index contributed by atoms with van der Waals surface area (Å²) in [5.41, 5.74) is 0. The van der Waals surface area contributed by atoms with Gasteiger partial charge >= 0.3 is 0 Å². The Morgan fingerprint density at radius 2 is 2.20 bits per heavy atom. The van der Waals surface area contributed by atoms with Crippen molar-refractivity contribution in [3.05, 3.63) is 0 Å². The maximum atomic E-state index is 11.9. The number of hydrogen-bond acceptors (Lipinski definition) is 4. The molecule has 2 saturated heterocycles. The van der Waals surface area contributed by atoms with E-state index in [1.807, 2.05) is 0 Å². The van der Waals surface area contributed by atoms with Crippen molar-refractivity contribution >= 4 is 10.0 Å². The van der Waals surface area contributed by atoms with Gasteiger partial charge in [0.15, 0.2) is 0 Å². The molecule has 2 aliphatic heterocycles. The predicted molar refractivity (Wildman–Crippen MR) is 57.0 cm³/mol. The standard InChI is InChI=1S/C9H18N2O3S/c12-7-9-5-10-8-3-1-2-4-15(13,14)11(9)6-8/h8-10,12H,1-7H2/t8-,9-/m1/s1. The third kappa shape index (κ3) is 2.33. The molecule has 2 rings (SSSR count). The van der Waals surface area contributed by atoms with Crippen LogP contribution in [0.15, 0.2) is 0 Å². The molecule has 2 fully saturated rings. The molecule has 0 aromatic heterocycles. The Morgan fingerprint density at radius 1 is 1.40 bits per heavy atom. The second kappa shape index (κ2) is 4.37. The lowest BCUT2D eigenvalue weighted by molar-refractivity contribution is 0.139. The Kier molecular flexibility index (Phi) is 3.30. The minimum Gasteiger partial charge on any atom is -0.395 e. The lowest BCUT2D eigenvalue weighted by atomic mass is 10.1. The predicted octanol–water partition coefficient (Wildman–Crippen LogP) is -0.865. The quantitative estimate of drug-likeness (QED) is 0.619. The zero-order chi connectivity index (χ0) is 10.9.